The van der Waals surface area contributed by atoms with E-state index >= 15 is 0 Å². The lowest BCUT2D eigenvalue weighted by atomic mass is 10.2. The first-order chi connectivity index (χ1) is 10.2. The van der Waals surface area contributed by atoms with E-state index in [2.05, 4.69) is 10.3 Å². The summed E-state index contributed by atoms with van der Waals surface area (Å²) in [6, 6.07) is 6.16. The van der Waals surface area contributed by atoms with Crippen molar-refractivity contribution in [1.29, 1.82) is 0 Å². The average molecular weight is 306 g/mol. The SMILES string of the molecule is COCCNC(=O)/C=C/c1csc(-c2ccc(F)cc2)n1. The maximum absolute atomic E-state index is 12.9. The number of rotatable bonds is 6. The Labute approximate surface area is 126 Å². The molecule has 0 atom stereocenters. The van der Waals surface area contributed by atoms with E-state index in [4.69, 9.17) is 4.74 Å². The van der Waals surface area contributed by atoms with Gasteiger partial charge in [-0.15, -0.1) is 11.3 Å². The molecule has 1 amide bonds. The molecule has 0 spiro atoms. The van der Waals surface area contributed by atoms with Gasteiger partial charge in [0.2, 0.25) is 5.91 Å². The number of hydrogen-bond donors (Lipinski definition) is 1. The Morgan fingerprint density at radius 3 is 2.90 bits per heavy atom. The van der Waals surface area contributed by atoms with Gasteiger partial charge in [0, 0.05) is 30.7 Å². The number of hydrogen-bond acceptors (Lipinski definition) is 4. The molecule has 0 saturated carbocycles. The Kier molecular flexibility index (Phi) is 5.59. The van der Waals surface area contributed by atoms with Gasteiger partial charge in [-0.1, -0.05) is 0 Å². The Balaban J connectivity index is 1.96. The van der Waals surface area contributed by atoms with Crippen LogP contribution < -0.4 is 5.32 Å². The minimum absolute atomic E-state index is 0.191. The zero-order valence-corrected chi connectivity index (χ0v) is 12.3. The van der Waals surface area contributed by atoms with E-state index in [1.807, 2.05) is 5.38 Å². The van der Waals surface area contributed by atoms with Crippen molar-refractivity contribution in [2.45, 2.75) is 0 Å². The number of aromatic nitrogens is 1. The van der Waals surface area contributed by atoms with Gasteiger partial charge < -0.3 is 10.1 Å². The lowest BCUT2D eigenvalue weighted by Crippen LogP contribution is -2.24. The van der Waals surface area contributed by atoms with E-state index in [1.54, 1.807) is 25.3 Å². The predicted molar refractivity (Wildman–Crippen MR) is 81.4 cm³/mol. The maximum Gasteiger partial charge on any atom is 0.244 e. The molecule has 1 N–H and O–H groups in total. The van der Waals surface area contributed by atoms with Crippen molar-refractivity contribution >= 4 is 23.3 Å². The first kappa shape index (κ1) is 15.3. The number of ether oxygens (including phenoxy) is 1. The number of methoxy groups -OCH3 is 1. The standard InChI is InChI=1S/C15H15FN2O2S/c1-20-9-8-17-14(19)7-6-13-10-21-15(18-13)11-2-4-12(16)5-3-11/h2-7,10H,8-9H2,1H3,(H,17,19)/b7-6+. The fourth-order valence-corrected chi connectivity index (χ4v) is 2.38. The molecule has 2 rings (SSSR count). The molecule has 1 aromatic carbocycles. The van der Waals surface area contributed by atoms with Gasteiger partial charge in [-0.3, -0.25) is 4.79 Å². The molecule has 0 aliphatic rings. The normalized spacial score (nSPS) is 11.0. The summed E-state index contributed by atoms with van der Waals surface area (Å²) >= 11 is 1.45. The van der Waals surface area contributed by atoms with Crippen LogP contribution >= 0.6 is 11.3 Å². The summed E-state index contributed by atoms with van der Waals surface area (Å²) in [5.74, 6) is -0.466. The van der Waals surface area contributed by atoms with Crippen LogP contribution in [0.2, 0.25) is 0 Å². The molecule has 0 radical (unpaired) electrons. The van der Waals surface area contributed by atoms with E-state index in [0.29, 0.717) is 18.8 Å². The molecule has 0 saturated heterocycles. The monoisotopic (exact) mass is 306 g/mol. The number of carbonyl (C=O) groups is 1. The van der Waals surface area contributed by atoms with Crippen LogP contribution in [0.3, 0.4) is 0 Å². The second-order valence-electron chi connectivity index (χ2n) is 4.20. The van der Waals surface area contributed by atoms with Crippen LogP contribution in [-0.2, 0) is 9.53 Å². The van der Waals surface area contributed by atoms with Gasteiger partial charge in [-0.25, -0.2) is 9.37 Å². The topological polar surface area (TPSA) is 51.2 Å². The molecular weight excluding hydrogens is 291 g/mol. The number of amides is 1. The molecule has 4 nitrogen and oxygen atoms in total. The molecule has 2 aromatic rings. The fraction of sp³-hybridized carbons (Fsp3) is 0.200. The van der Waals surface area contributed by atoms with Gasteiger partial charge in [0.15, 0.2) is 0 Å². The smallest absolute Gasteiger partial charge is 0.244 e. The number of nitrogens with one attached hydrogen (secondary N) is 1. The highest BCUT2D eigenvalue weighted by atomic mass is 32.1. The summed E-state index contributed by atoms with van der Waals surface area (Å²) < 4.78 is 17.7. The lowest BCUT2D eigenvalue weighted by molar-refractivity contribution is -0.116. The van der Waals surface area contributed by atoms with Crippen molar-refractivity contribution in [3.8, 4) is 10.6 Å². The summed E-state index contributed by atoms with van der Waals surface area (Å²) in [6.45, 7) is 0.947. The zero-order chi connectivity index (χ0) is 15.1. The largest absolute Gasteiger partial charge is 0.383 e. The van der Waals surface area contributed by atoms with Gasteiger partial charge in [0.1, 0.15) is 10.8 Å². The van der Waals surface area contributed by atoms with Crippen molar-refractivity contribution in [3.63, 3.8) is 0 Å². The second-order valence-corrected chi connectivity index (χ2v) is 5.06. The van der Waals surface area contributed by atoms with E-state index in [-0.39, 0.29) is 11.7 Å². The molecule has 0 aliphatic heterocycles. The molecule has 0 fully saturated rings. The van der Waals surface area contributed by atoms with Gasteiger partial charge in [-0.05, 0) is 30.3 Å². The van der Waals surface area contributed by atoms with Crippen LogP contribution in [0.1, 0.15) is 5.69 Å². The molecule has 0 bridgehead atoms. The van der Waals surface area contributed by atoms with Crippen molar-refractivity contribution in [1.82, 2.24) is 10.3 Å². The number of thiazole rings is 1. The molecule has 0 unspecified atom stereocenters. The summed E-state index contributed by atoms with van der Waals surface area (Å²) in [5.41, 5.74) is 1.55. The van der Waals surface area contributed by atoms with Crippen molar-refractivity contribution in [2.75, 3.05) is 20.3 Å². The number of benzene rings is 1. The molecule has 21 heavy (non-hydrogen) atoms. The Morgan fingerprint density at radius 1 is 1.43 bits per heavy atom. The van der Waals surface area contributed by atoms with Gasteiger partial charge in [-0.2, -0.15) is 0 Å². The molecule has 1 aromatic heterocycles. The van der Waals surface area contributed by atoms with Crippen LogP contribution in [0.4, 0.5) is 4.39 Å². The van der Waals surface area contributed by atoms with Crippen LogP contribution in [0.15, 0.2) is 35.7 Å². The molecule has 0 aliphatic carbocycles. The third-order valence-electron chi connectivity index (χ3n) is 2.62. The van der Waals surface area contributed by atoms with E-state index in [1.165, 1.54) is 29.5 Å². The number of carbonyl (C=O) groups excluding carboxylic acids is 1. The summed E-state index contributed by atoms with van der Waals surface area (Å²) in [6.07, 6.45) is 3.07. The Morgan fingerprint density at radius 2 is 2.19 bits per heavy atom. The van der Waals surface area contributed by atoms with Crippen LogP contribution in [-0.4, -0.2) is 31.2 Å². The first-order valence-electron chi connectivity index (χ1n) is 6.35. The highest BCUT2D eigenvalue weighted by Gasteiger charge is 2.03. The average Bonchev–Trinajstić information content (AvgIpc) is 2.95. The molecule has 6 heteroatoms. The quantitative estimate of drug-likeness (QED) is 0.659. The highest BCUT2D eigenvalue weighted by Crippen LogP contribution is 2.24. The number of halogens is 1. The van der Waals surface area contributed by atoms with Crippen molar-refractivity contribution in [3.05, 3.63) is 47.2 Å². The fourth-order valence-electron chi connectivity index (χ4n) is 1.58. The number of nitrogens with zero attached hydrogens (tertiary/aromatic N) is 1. The lowest BCUT2D eigenvalue weighted by Gasteiger charge is -1.99. The maximum atomic E-state index is 12.9. The minimum Gasteiger partial charge on any atom is -0.383 e. The third kappa shape index (κ3) is 4.77. The zero-order valence-electron chi connectivity index (χ0n) is 11.5. The van der Waals surface area contributed by atoms with Gasteiger partial charge in [0.25, 0.3) is 0 Å². The predicted octanol–water partition coefficient (Wildman–Crippen LogP) is 2.73. The van der Waals surface area contributed by atoms with Gasteiger partial charge in [0.05, 0.1) is 12.3 Å². The highest BCUT2D eigenvalue weighted by molar-refractivity contribution is 7.13. The molecule has 110 valence electrons. The van der Waals surface area contributed by atoms with E-state index < -0.39 is 0 Å². The summed E-state index contributed by atoms with van der Waals surface area (Å²) in [5, 5.41) is 5.31. The van der Waals surface area contributed by atoms with Crippen molar-refractivity contribution in [2.24, 2.45) is 0 Å². The van der Waals surface area contributed by atoms with E-state index in [0.717, 1.165) is 10.6 Å². The van der Waals surface area contributed by atoms with Gasteiger partial charge >= 0.3 is 0 Å². The van der Waals surface area contributed by atoms with Crippen LogP contribution in [0.25, 0.3) is 16.6 Å². The Hall–Kier alpha value is -2.05. The summed E-state index contributed by atoms with van der Waals surface area (Å²) in [7, 11) is 1.58. The third-order valence-corrected chi connectivity index (χ3v) is 3.53. The van der Waals surface area contributed by atoms with E-state index in [9.17, 15) is 9.18 Å². The van der Waals surface area contributed by atoms with Crippen LogP contribution in [0, 0.1) is 5.82 Å². The minimum atomic E-state index is -0.275. The van der Waals surface area contributed by atoms with Crippen molar-refractivity contribution < 1.29 is 13.9 Å². The summed E-state index contributed by atoms with van der Waals surface area (Å²) in [4.78, 5) is 15.9. The molecular formula is C15H15FN2O2S. The molecule has 1 heterocycles. The Bertz CT molecular complexity index is 623. The first-order valence-corrected chi connectivity index (χ1v) is 7.23. The van der Waals surface area contributed by atoms with Crippen LogP contribution in [0.5, 0.6) is 0 Å². The second kappa shape index (κ2) is 7.66.